The van der Waals surface area contributed by atoms with Gasteiger partial charge in [-0.05, 0) is 25.1 Å². The minimum atomic E-state index is -3.82. The van der Waals surface area contributed by atoms with Crippen LogP contribution in [0.25, 0.3) is 0 Å². The maximum absolute atomic E-state index is 13.4. The molecule has 194 valence electrons. The molecular formula is C22H25FN4O8S. The minimum Gasteiger partial charge on any atom is -0.394 e. The molecule has 1 aromatic carbocycles. The first-order valence-electron chi connectivity index (χ1n) is 10.9. The molecule has 0 aliphatic carbocycles. The Kier molecular flexibility index (Phi) is 8.41. The smallest absolute Gasteiger partial charge is 0.333 e. The molecule has 1 aliphatic heterocycles. The summed E-state index contributed by atoms with van der Waals surface area (Å²) < 4.78 is 45.7. The summed E-state index contributed by atoms with van der Waals surface area (Å²) in [5.41, 5.74) is -1.69. The molecule has 1 fully saturated rings. The third kappa shape index (κ3) is 6.05. The number of halogens is 1. The zero-order chi connectivity index (χ0) is 26.6. The molecule has 1 amide bonds. The van der Waals surface area contributed by atoms with Crippen molar-refractivity contribution < 1.29 is 32.6 Å². The zero-order valence-corrected chi connectivity index (χ0v) is 20.1. The average molecular weight is 524 g/mol. The molecule has 3 N–H and O–H groups in total. The second-order valence-electron chi connectivity index (χ2n) is 8.29. The quantitative estimate of drug-likeness (QED) is 0.364. The molecule has 0 saturated carbocycles. The Labute approximate surface area is 205 Å². The number of benzene rings is 1. The third-order valence-corrected chi connectivity index (χ3v) is 7.37. The topological polar surface area (TPSA) is 181 Å². The predicted molar refractivity (Wildman–Crippen MR) is 123 cm³/mol. The molecule has 2 aromatic rings. The van der Waals surface area contributed by atoms with Gasteiger partial charge in [0.05, 0.1) is 29.8 Å². The van der Waals surface area contributed by atoms with Crippen LogP contribution >= 0.6 is 0 Å². The number of nitriles is 1. The summed E-state index contributed by atoms with van der Waals surface area (Å²) in [4.78, 5) is 37.6. The number of hydrogen-bond acceptors (Lipinski definition) is 9. The molecule has 12 nitrogen and oxygen atoms in total. The highest BCUT2D eigenvalue weighted by atomic mass is 32.2. The van der Waals surface area contributed by atoms with Gasteiger partial charge in [-0.3, -0.25) is 18.7 Å². The van der Waals surface area contributed by atoms with Crippen LogP contribution in [0.3, 0.4) is 0 Å². The Morgan fingerprint density at radius 1 is 1.33 bits per heavy atom. The average Bonchev–Trinajstić information content (AvgIpc) is 3.21. The highest BCUT2D eigenvalue weighted by Gasteiger charge is 2.35. The second kappa shape index (κ2) is 11.1. The van der Waals surface area contributed by atoms with Crippen molar-refractivity contribution in [2.24, 2.45) is 0 Å². The summed E-state index contributed by atoms with van der Waals surface area (Å²) in [6, 6.07) is 4.77. The number of amides is 1. The van der Waals surface area contributed by atoms with Crippen LogP contribution in [0.2, 0.25) is 0 Å². The number of nitrogens with zero attached hydrogens (tertiary/aromatic N) is 3. The first kappa shape index (κ1) is 27.2. The van der Waals surface area contributed by atoms with Crippen molar-refractivity contribution in [1.29, 1.82) is 5.26 Å². The lowest BCUT2D eigenvalue weighted by Gasteiger charge is -2.17. The molecule has 1 aromatic heterocycles. The van der Waals surface area contributed by atoms with Crippen molar-refractivity contribution in [2.45, 2.75) is 38.3 Å². The van der Waals surface area contributed by atoms with Crippen LogP contribution < -0.4 is 16.6 Å². The number of sulfone groups is 1. The zero-order valence-electron chi connectivity index (χ0n) is 19.3. The maximum atomic E-state index is 13.4. The molecule has 0 bridgehead atoms. The van der Waals surface area contributed by atoms with Crippen molar-refractivity contribution in [3.05, 3.63) is 67.7 Å². The van der Waals surface area contributed by atoms with E-state index in [2.05, 4.69) is 5.32 Å². The predicted octanol–water partition coefficient (Wildman–Crippen LogP) is -1.19. The van der Waals surface area contributed by atoms with Crippen LogP contribution in [-0.4, -0.2) is 70.5 Å². The van der Waals surface area contributed by atoms with Gasteiger partial charge in [0.25, 0.3) is 11.5 Å². The normalized spacial score (nSPS) is 19.7. The Balaban J connectivity index is 1.65. The number of ether oxygens (including phenoxy) is 1. The van der Waals surface area contributed by atoms with Gasteiger partial charge in [-0.1, -0.05) is 0 Å². The van der Waals surface area contributed by atoms with Crippen molar-refractivity contribution in [3.8, 4) is 6.07 Å². The van der Waals surface area contributed by atoms with Gasteiger partial charge in [0, 0.05) is 36.8 Å². The Morgan fingerprint density at radius 3 is 2.69 bits per heavy atom. The molecule has 3 rings (SSSR count). The van der Waals surface area contributed by atoms with Crippen molar-refractivity contribution in [2.75, 3.05) is 24.7 Å². The van der Waals surface area contributed by atoms with E-state index in [1.165, 1.54) is 13.1 Å². The van der Waals surface area contributed by atoms with Gasteiger partial charge < -0.3 is 20.3 Å². The number of aliphatic hydroxyl groups excluding tert-OH is 2. The van der Waals surface area contributed by atoms with Crippen LogP contribution in [0.5, 0.6) is 0 Å². The molecular weight excluding hydrogens is 498 g/mol. The van der Waals surface area contributed by atoms with Crippen molar-refractivity contribution >= 4 is 15.7 Å². The Bertz CT molecular complexity index is 1410. The molecule has 3 atom stereocenters. The van der Waals surface area contributed by atoms with E-state index in [9.17, 15) is 37.4 Å². The fourth-order valence-electron chi connectivity index (χ4n) is 3.72. The van der Waals surface area contributed by atoms with Gasteiger partial charge in [-0.15, -0.1) is 0 Å². The molecule has 14 heteroatoms. The molecule has 0 radical (unpaired) electrons. The third-order valence-electron chi connectivity index (χ3n) is 5.73. The van der Waals surface area contributed by atoms with Crippen molar-refractivity contribution in [1.82, 2.24) is 14.5 Å². The van der Waals surface area contributed by atoms with E-state index in [-0.39, 0.29) is 29.7 Å². The summed E-state index contributed by atoms with van der Waals surface area (Å²) in [6.07, 6.45) is -1.57. The second-order valence-corrected chi connectivity index (χ2v) is 10.6. The highest BCUT2D eigenvalue weighted by Crippen LogP contribution is 2.27. The van der Waals surface area contributed by atoms with Gasteiger partial charge in [0.2, 0.25) is 0 Å². The number of carbonyl (C=O) groups excluding carboxylic acids is 1. The number of carbonyl (C=O) groups is 1. The first-order valence-corrected chi connectivity index (χ1v) is 12.7. The van der Waals surface area contributed by atoms with Crippen LogP contribution in [0, 0.1) is 24.1 Å². The maximum Gasteiger partial charge on any atom is 0.333 e. The van der Waals surface area contributed by atoms with E-state index >= 15 is 0 Å². The molecule has 2 heterocycles. The lowest BCUT2D eigenvalue weighted by Crippen LogP contribution is -2.43. The number of hydrogen-bond donors (Lipinski definition) is 3. The summed E-state index contributed by atoms with van der Waals surface area (Å²) >= 11 is 0. The summed E-state index contributed by atoms with van der Waals surface area (Å²) in [5.74, 6) is -2.54. The lowest BCUT2D eigenvalue weighted by atomic mass is 10.1. The van der Waals surface area contributed by atoms with Gasteiger partial charge >= 0.3 is 5.69 Å². The van der Waals surface area contributed by atoms with Gasteiger partial charge in [0.15, 0.2) is 9.84 Å². The number of aromatic nitrogens is 2. The van der Waals surface area contributed by atoms with Crippen LogP contribution in [-0.2, 0) is 21.1 Å². The van der Waals surface area contributed by atoms with E-state index in [0.29, 0.717) is 0 Å². The SMILES string of the molecule is Cc1cn([C@H]2C[C@H](O)[C@@H](CO)O2)c(=O)n(CCS(=O)(=O)CCNC(=O)c2ccc([18F])c(C#N)c2)c1=O. The summed E-state index contributed by atoms with van der Waals surface area (Å²) in [7, 11) is -3.82. The first-order chi connectivity index (χ1) is 17.0. The lowest BCUT2D eigenvalue weighted by molar-refractivity contribution is -0.0463. The van der Waals surface area contributed by atoms with E-state index in [4.69, 9.17) is 10.00 Å². The molecule has 0 spiro atoms. The standard InChI is InChI=1S/C22H25FN4O8S/c1-13-11-27(19-9-17(29)18(12-28)35-19)22(32)26(21(13)31)5-7-36(33,34)6-4-25-20(30)14-2-3-16(23)15(8-14)10-24/h2-3,8,11,17-19,28-29H,4-7,9,12H2,1H3,(H,25,30)/t17-,18+,19+/m0/s1/i23-1. The molecule has 0 unspecified atom stereocenters. The van der Waals surface area contributed by atoms with E-state index < -0.39 is 75.9 Å². The van der Waals surface area contributed by atoms with Gasteiger partial charge in [-0.2, -0.15) is 5.26 Å². The number of rotatable bonds is 9. The fourth-order valence-corrected chi connectivity index (χ4v) is 4.80. The monoisotopic (exact) mass is 523 g/mol. The van der Waals surface area contributed by atoms with Crippen LogP contribution in [0.15, 0.2) is 34.0 Å². The minimum absolute atomic E-state index is 0.00465. The van der Waals surface area contributed by atoms with Crippen LogP contribution in [0.4, 0.5) is 4.39 Å². The largest absolute Gasteiger partial charge is 0.394 e. The Hall–Kier alpha value is -3.38. The fraction of sp³-hybridized carbons (Fsp3) is 0.455. The number of aliphatic hydroxyl groups is 2. The van der Waals surface area contributed by atoms with Gasteiger partial charge in [-0.25, -0.2) is 17.6 Å². The highest BCUT2D eigenvalue weighted by molar-refractivity contribution is 7.91. The number of aryl methyl sites for hydroxylation is 1. The molecule has 1 aliphatic rings. The van der Waals surface area contributed by atoms with E-state index in [1.54, 1.807) is 6.07 Å². The van der Waals surface area contributed by atoms with Crippen LogP contribution in [0.1, 0.15) is 34.1 Å². The van der Waals surface area contributed by atoms with E-state index in [1.807, 2.05) is 0 Å². The Morgan fingerprint density at radius 2 is 2.06 bits per heavy atom. The number of nitrogens with one attached hydrogen (secondary N) is 1. The summed E-state index contributed by atoms with van der Waals surface area (Å²) in [6.45, 7) is 0.253. The van der Waals surface area contributed by atoms with Crippen molar-refractivity contribution in [3.63, 3.8) is 0 Å². The summed E-state index contributed by atoms with van der Waals surface area (Å²) in [5, 5.41) is 30.4. The van der Waals surface area contributed by atoms with E-state index in [0.717, 1.165) is 27.3 Å². The van der Waals surface area contributed by atoms with Gasteiger partial charge in [0.1, 0.15) is 24.2 Å². The molecule has 1 saturated heterocycles. The molecule has 36 heavy (non-hydrogen) atoms.